The molecule has 9 heteroatoms. The third-order valence-corrected chi connectivity index (χ3v) is 6.76. The molecule has 2 heterocycles. The van der Waals surface area contributed by atoms with Gasteiger partial charge in [-0.3, -0.25) is 19.7 Å². The highest BCUT2D eigenvalue weighted by atomic mass is 16.5. The first-order valence-electron chi connectivity index (χ1n) is 11.6. The van der Waals surface area contributed by atoms with E-state index in [9.17, 15) is 24.6 Å². The van der Waals surface area contributed by atoms with Gasteiger partial charge in [0.2, 0.25) is 11.8 Å². The molecule has 2 amide bonds. The van der Waals surface area contributed by atoms with Gasteiger partial charge in [0.15, 0.2) is 11.5 Å². The zero-order valence-electron chi connectivity index (χ0n) is 20.1. The van der Waals surface area contributed by atoms with Gasteiger partial charge in [-0.1, -0.05) is 38.1 Å². The first kappa shape index (κ1) is 24.5. The second-order valence-corrected chi connectivity index (χ2v) is 9.31. The average Bonchev–Trinajstić information content (AvgIpc) is 3.29. The predicted molar refractivity (Wildman–Crippen MR) is 127 cm³/mol. The lowest BCUT2D eigenvalue weighted by atomic mass is 9.75. The molecule has 35 heavy (non-hydrogen) atoms. The van der Waals surface area contributed by atoms with Crippen molar-refractivity contribution in [2.45, 2.75) is 38.8 Å². The Morgan fingerprint density at radius 3 is 2.43 bits per heavy atom. The van der Waals surface area contributed by atoms with Gasteiger partial charge < -0.3 is 19.7 Å². The number of methoxy groups -OCH3 is 1. The third-order valence-electron chi connectivity index (χ3n) is 6.76. The van der Waals surface area contributed by atoms with Crippen molar-refractivity contribution in [2.24, 2.45) is 17.8 Å². The number of fused-ring (bicyclic) bond motifs is 1. The van der Waals surface area contributed by atoms with Gasteiger partial charge in [0.05, 0.1) is 31.2 Å². The second-order valence-electron chi connectivity index (χ2n) is 9.31. The summed E-state index contributed by atoms with van der Waals surface area (Å²) in [4.78, 5) is 41.6. The molecule has 2 aromatic rings. The highest BCUT2D eigenvalue weighted by Gasteiger charge is 2.69. The number of rotatable bonds is 8. The van der Waals surface area contributed by atoms with Gasteiger partial charge in [-0.15, -0.1) is 0 Å². The number of carboxylic acid groups (broad SMARTS) is 1. The number of anilines is 1. The number of carbonyl (C=O) groups is 3. The molecule has 0 bridgehead atoms. The topological polar surface area (TPSA) is 125 Å². The van der Waals surface area contributed by atoms with Crippen LogP contribution in [0.15, 0.2) is 42.5 Å². The van der Waals surface area contributed by atoms with Gasteiger partial charge in [-0.25, -0.2) is 4.90 Å². The van der Waals surface area contributed by atoms with Crippen LogP contribution in [0.1, 0.15) is 38.8 Å². The molecule has 0 radical (unpaired) electrons. The molecule has 0 aromatic heterocycles. The number of hydrogen-bond donors (Lipinski definition) is 3. The summed E-state index contributed by atoms with van der Waals surface area (Å²) in [5.41, 5.74) is -1.14. The molecule has 3 N–H and O–H groups in total. The fourth-order valence-electron chi connectivity index (χ4n) is 5.50. The van der Waals surface area contributed by atoms with Gasteiger partial charge in [-0.05, 0) is 37.5 Å². The number of hydrogen-bond acceptors (Lipinski definition) is 7. The number of imide groups is 1. The molecule has 4 unspecified atom stereocenters. The molecule has 9 nitrogen and oxygen atoms in total. The van der Waals surface area contributed by atoms with Crippen molar-refractivity contribution in [2.75, 3.05) is 18.6 Å². The van der Waals surface area contributed by atoms with Crippen LogP contribution in [0.25, 0.3) is 0 Å². The molecular formula is C26H30N2O7. The smallest absolute Gasteiger partial charge is 0.324 e. The van der Waals surface area contributed by atoms with Crippen LogP contribution in [-0.4, -0.2) is 47.3 Å². The molecule has 4 atom stereocenters. The first-order valence-corrected chi connectivity index (χ1v) is 11.6. The van der Waals surface area contributed by atoms with E-state index < -0.39 is 41.2 Å². The van der Waals surface area contributed by atoms with Crippen LogP contribution >= 0.6 is 0 Å². The Balaban J connectivity index is 1.91. The third kappa shape index (κ3) is 3.80. The second kappa shape index (κ2) is 9.22. The first-order chi connectivity index (χ1) is 16.7. The molecule has 2 aliphatic rings. The SMILES string of the molecule is CCOc1cccc(C2NC(CC(C)C)(C(=O)O)C3C(=O)N(c4ccccc4OC)C(=O)C23)c1O. The Morgan fingerprint density at radius 2 is 1.80 bits per heavy atom. The Kier molecular flexibility index (Phi) is 6.46. The standard InChI is InChI=1S/C26H30N2O7/c1-5-35-18-12-8-9-15(22(18)29)21-19-20(26(27-21,25(32)33)13-14(2)3)24(31)28(23(19)30)16-10-6-7-11-17(16)34-4/h6-12,14,19-21,27,29H,5,13H2,1-4H3,(H,32,33). The molecule has 0 saturated carbocycles. The molecule has 0 aliphatic carbocycles. The van der Waals surface area contributed by atoms with E-state index in [0.29, 0.717) is 17.9 Å². The summed E-state index contributed by atoms with van der Waals surface area (Å²) < 4.78 is 10.9. The molecule has 0 spiro atoms. The molecule has 4 rings (SSSR count). The number of nitrogens with zero attached hydrogens (tertiary/aromatic N) is 1. The van der Waals surface area contributed by atoms with E-state index in [4.69, 9.17) is 9.47 Å². The lowest BCUT2D eigenvalue weighted by Crippen LogP contribution is -2.56. The molecule has 2 aromatic carbocycles. The number of carboxylic acids is 1. The number of nitrogens with one attached hydrogen (secondary N) is 1. The van der Waals surface area contributed by atoms with Crippen molar-refractivity contribution >= 4 is 23.5 Å². The summed E-state index contributed by atoms with van der Waals surface area (Å²) >= 11 is 0. The molecule has 2 aliphatic heterocycles. The minimum atomic E-state index is -1.71. The van der Waals surface area contributed by atoms with E-state index in [1.807, 2.05) is 13.8 Å². The minimum absolute atomic E-state index is 0.0930. The maximum atomic E-state index is 13.9. The summed E-state index contributed by atoms with van der Waals surface area (Å²) in [5.74, 6) is -4.34. The number of ether oxygens (including phenoxy) is 2. The number of para-hydroxylation sites is 3. The number of aliphatic carboxylic acids is 1. The fourth-order valence-corrected chi connectivity index (χ4v) is 5.50. The summed E-state index contributed by atoms with van der Waals surface area (Å²) in [6, 6.07) is 10.6. The number of phenols is 1. The van der Waals surface area contributed by atoms with Crippen molar-refractivity contribution in [1.82, 2.24) is 5.32 Å². The van der Waals surface area contributed by atoms with E-state index in [2.05, 4.69) is 5.32 Å². The number of carbonyl (C=O) groups excluding carboxylic acids is 2. The molecular weight excluding hydrogens is 452 g/mol. The van der Waals surface area contributed by atoms with Crippen molar-refractivity contribution in [3.05, 3.63) is 48.0 Å². The maximum Gasteiger partial charge on any atom is 0.324 e. The summed E-state index contributed by atoms with van der Waals surface area (Å²) in [6.07, 6.45) is 0.116. The van der Waals surface area contributed by atoms with Gasteiger partial charge >= 0.3 is 5.97 Å². The number of phenolic OH excluding ortho intramolecular Hbond substituents is 1. The lowest BCUT2D eigenvalue weighted by molar-refractivity contribution is -0.149. The van der Waals surface area contributed by atoms with E-state index in [0.717, 1.165) is 4.90 Å². The maximum absolute atomic E-state index is 13.9. The molecule has 186 valence electrons. The monoisotopic (exact) mass is 482 g/mol. The number of benzene rings is 2. The number of aromatic hydroxyl groups is 1. The van der Waals surface area contributed by atoms with E-state index in [1.165, 1.54) is 7.11 Å². The summed E-state index contributed by atoms with van der Waals surface area (Å²) in [5, 5.41) is 24.5. The lowest BCUT2D eigenvalue weighted by Gasteiger charge is -2.32. The van der Waals surface area contributed by atoms with Crippen molar-refractivity contribution in [1.29, 1.82) is 0 Å². The Morgan fingerprint density at radius 1 is 1.11 bits per heavy atom. The largest absolute Gasteiger partial charge is 0.504 e. The van der Waals surface area contributed by atoms with Crippen molar-refractivity contribution < 1.29 is 34.1 Å². The van der Waals surface area contributed by atoms with Crippen molar-refractivity contribution in [3.63, 3.8) is 0 Å². The molecule has 2 saturated heterocycles. The van der Waals surface area contributed by atoms with Crippen LogP contribution in [0, 0.1) is 17.8 Å². The van der Waals surface area contributed by atoms with Gasteiger partial charge in [0.1, 0.15) is 11.3 Å². The van der Waals surface area contributed by atoms with E-state index in [-0.39, 0.29) is 29.5 Å². The summed E-state index contributed by atoms with van der Waals surface area (Å²) in [6.45, 7) is 5.81. The Bertz CT molecular complexity index is 1160. The van der Waals surface area contributed by atoms with Crippen LogP contribution in [-0.2, 0) is 14.4 Å². The minimum Gasteiger partial charge on any atom is -0.504 e. The van der Waals surface area contributed by atoms with Gasteiger partial charge in [-0.2, -0.15) is 0 Å². The highest BCUT2D eigenvalue weighted by molar-refractivity contribution is 6.24. The van der Waals surface area contributed by atoms with Gasteiger partial charge in [0, 0.05) is 11.6 Å². The zero-order valence-corrected chi connectivity index (χ0v) is 20.1. The van der Waals surface area contributed by atoms with E-state index in [1.54, 1.807) is 49.4 Å². The van der Waals surface area contributed by atoms with Crippen LogP contribution in [0.4, 0.5) is 5.69 Å². The van der Waals surface area contributed by atoms with Crippen molar-refractivity contribution in [3.8, 4) is 17.2 Å². The summed E-state index contributed by atoms with van der Waals surface area (Å²) in [7, 11) is 1.44. The molecule has 2 fully saturated rings. The zero-order chi connectivity index (χ0) is 25.5. The Hall–Kier alpha value is -3.59. The normalized spacial score (nSPS) is 25.7. The predicted octanol–water partition coefficient (Wildman–Crippen LogP) is 3.12. The van der Waals surface area contributed by atoms with Crippen LogP contribution in [0.5, 0.6) is 17.2 Å². The Labute approximate surface area is 203 Å². The van der Waals surface area contributed by atoms with Crippen LogP contribution in [0.3, 0.4) is 0 Å². The van der Waals surface area contributed by atoms with Gasteiger partial charge in [0.25, 0.3) is 0 Å². The number of amides is 2. The van der Waals surface area contributed by atoms with Crippen LogP contribution < -0.4 is 19.7 Å². The fraction of sp³-hybridized carbons (Fsp3) is 0.423. The quantitative estimate of drug-likeness (QED) is 0.490. The van der Waals surface area contributed by atoms with E-state index >= 15 is 0 Å². The highest BCUT2D eigenvalue weighted by Crippen LogP contribution is 2.54. The van der Waals surface area contributed by atoms with Crippen LogP contribution in [0.2, 0.25) is 0 Å². The average molecular weight is 483 g/mol.